The fraction of sp³-hybridized carbons (Fsp3) is 0.796. The van der Waals surface area contributed by atoms with Crippen LogP contribution in [0, 0.1) is 16.7 Å². The fourth-order valence-electron chi connectivity index (χ4n) is 13.2. The molecule has 0 unspecified atom stereocenters. The minimum absolute atomic E-state index is 0.0323. The first-order valence-corrected chi connectivity index (χ1v) is 23.9. The van der Waals surface area contributed by atoms with Gasteiger partial charge in [0.1, 0.15) is 41.2 Å². The van der Waals surface area contributed by atoms with E-state index in [2.05, 4.69) is 0 Å². The van der Waals surface area contributed by atoms with Crippen LogP contribution in [-0.2, 0) is 47.4 Å². The number of esters is 1. The molecule has 1 aromatic carbocycles. The third kappa shape index (κ3) is 8.36. The summed E-state index contributed by atoms with van der Waals surface area (Å²) < 4.78 is 60.6. The van der Waals surface area contributed by atoms with Crippen LogP contribution in [0.2, 0.25) is 0 Å². The van der Waals surface area contributed by atoms with Gasteiger partial charge in [-0.2, -0.15) is 0 Å². The predicted molar refractivity (Wildman–Crippen MR) is 235 cm³/mol. The summed E-state index contributed by atoms with van der Waals surface area (Å²) in [4.78, 5) is 27.2. The Morgan fingerprint density at radius 1 is 0.776 bits per heavy atom. The highest BCUT2D eigenvalue weighted by Crippen LogP contribution is 2.71. The average Bonchev–Trinajstić information content (AvgIpc) is 3.52. The molecule has 6 fully saturated rings. The highest BCUT2D eigenvalue weighted by Gasteiger charge is 2.81. The molecule has 6 N–H and O–H groups in total. The maximum Gasteiger partial charge on any atom is 0.338 e. The van der Waals surface area contributed by atoms with E-state index in [9.17, 15) is 40.2 Å². The largest absolute Gasteiger partial charge is 0.504 e. The number of phenolic OH excluding ortho intramolecular Hbond substituents is 1. The number of aliphatic hydroxyl groups is 5. The number of hydrogen-bond donors (Lipinski definition) is 6. The molecule has 8 rings (SSSR count). The predicted octanol–water partition coefficient (Wildman–Crippen LogP) is 3.36. The molecule has 3 saturated heterocycles. The quantitative estimate of drug-likeness (QED) is 0.130. The van der Waals surface area contributed by atoms with Crippen molar-refractivity contribution in [3.05, 3.63) is 35.4 Å². The molecule has 3 saturated carbocycles. The molecule has 3 aliphatic heterocycles. The molecule has 20 atom stereocenters. The summed E-state index contributed by atoms with van der Waals surface area (Å²) in [6, 6.07) is 4.01. The maximum absolute atomic E-state index is 13.9. The van der Waals surface area contributed by atoms with Crippen molar-refractivity contribution in [2.75, 3.05) is 21.3 Å². The summed E-state index contributed by atoms with van der Waals surface area (Å²) in [5.74, 6) is -2.18. The molecule has 0 aromatic heterocycles. The normalized spacial score (nSPS) is 47.5. The van der Waals surface area contributed by atoms with Crippen molar-refractivity contribution in [3.63, 3.8) is 0 Å². The van der Waals surface area contributed by atoms with Crippen molar-refractivity contribution >= 4 is 11.8 Å². The summed E-state index contributed by atoms with van der Waals surface area (Å²) in [7, 11) is 4.49. The molecular weight excluding hydrogens is 877 g/mol. The summed E-state index contributed by atoms with van der Waals surface area (Å²) in [6.45, 7) is 10.3. The fourth-order valence-corrected chi connectivity index (χ4v) is 13.2. The number of carbonyl (C=O) groups excluding carboxylic acids is 2. The Balaban J connectivity index is 0.923. The number of phenols is 1. The van der Waals surface area contributed by atoms with Crippen molar-refractivity contribution in [1.29, 1.82) is 0 Å². The van der Waals surface area contributed by atoms with E-state index >= 15 is 0 Å². The van der Waals surface area contributed by atoms with Gasteiger partial charge in [-0.1, -0.05) is 18.6 Å². The van der Waals surface area contributed by atoms with Gasteiger partial charge in [-0.3, -0.25) is 4.79 Å². The number of ketones is 1. The lowest BCUT2D eigenvalue weighted by Crippen LogP contribution is -2.78. The second kappa shape index (κ2) is 18.7. The van der Waals surface area contributed by atoms with Crippen molar-refractivity contribution < 1.29 is 87.6 Å². The molecule has 4 aliphatic carbocycles. The van der Waals surface area contributed by atoms with Crippen molar-refractivity contribution in [1.82, 2.24) is 0 Å². The zero-order valence-electron chi connectivity index (χ0n) is 40.1. The highest BCUT2D eigenvalue weighted by molar-refractivity contribution is 5.91. The number of aliphatic hydroxyl groups excluding tert-OH is 2. The van der Waals surface area contributed by atoms with Gasteiger partial charge in [-0.15, -0.1) is 0 Å². The Kier molecular flexibility index (Phi) is 14.1. The SMILES string of the molecule is COc1cc(C(=O)O[C@@H]2C[C@@H]3[C@@]4(C)CC[C@H](O[C@H]5C[C@H](O)[C@H](O[C@H]6C[C@H](OC)[C@H](O[C@H]7C[C@@H](OC)[C@H](O)[C@@H](C)O7)[C@@H](C)O6)[C@@H](C)O5)CC4=CC[C@@]3(O)[C@@]3(O)CC[C@@](O)(C(C)=O)[C@@]23C)ccc1O. The van der Waals surface area contributed by atoms with Gasteiger partial charge in [0.25, 0.3) is 0 Å². The van der Waals surface area contributed by atoms with E-state index in [1.165, 1.54) is 39.2 Å². The van der Waals surface area contributed by atoms with Gasteiger partial charge in [0.05, 0.1) is 60.8 Å². The van der Waals surface area contributed by atoms with Crippen LogP contribution in [0.15, 0.2) is 29.8 Å². The Hall–Kier alpha value is -2.82. The van der Waals surface area contributed by atoms with E-state index in [1.54, 1.807) is 21.1 Å². The minimum Gasteiger partial charge on any atom is -0.504 e. The zero-order chi connectivity index (χ0) is 48.6. The van der Waals surface area contributed by atoms with E-state index in [-0.39, 0.29) is 55.3 Å². The molecular formula is C49H72O18. The van der Waals surface area contributed by atoms with E-state index in [0.717, 1.165) is 5.57 Å². The highest BCUT2D eigenvalue weighted by atomic mass is 16.7. The van der Waals surface area contributed by atoms with Crippen molar-refractivity contribution in [2.45, 2.75) is 209 Å². The minimum atomic E-state index is -2.11. The molecule has 376 valence electrons. The number of carbonyl (C=O) groups is 2. The van der Waals surface area contributed by atoms with Gasteiger partial charge in [0.15, 0.2) is 36.2 Å². The van der Waals surface area contributed by atoms with E-state index in [1.807, 2.05) is 26.8 Å². The lowest BCUT2D eigenvalue weighted by molar-refractivity contribution is -0.337. The first kappa shape index (κ1) is 50.6. The number of benzene rings is 1. The standard InChI is InChI=1S/C49H72O18/c1-24-41(53)34(59-8)21-39(61-24)67-43-26(3)63-40(22-35(43)60-9)66-42-25(2)62-38(20-32(42)52)64-30-13-14-45(5)29(19-30)12-15-48(56)36(45)23-37(46(6)47(55,27(4)50)16-17-49(46,48)57)65-44(54)28-10-11-31(51)33(18-28)58-7/h10-12,18,24-26,30,32,34-43,51-53,55-57H,13-17,19-23H2,1-9H3/t24-,25-,26-,30+,32+,34-,35+,36-,37-,38+,39+,40+,41-,42-,43-,45+,46-,47-,48+,49-/m1/s1. The van der Waals surface area contributed by atoms with Gasteiger partial charge >= 0.3 is 5.97 Å². The van der Waals surface area contributed by atoms with Crippen molar-refractivity contribution in [3.8, 4) is 11.5 Å². The zero-order valence-corrected chi connectivity index (χ0v) is 40.1. The average molecular weight is 949 g/mol. The first-order chi connectivity index (χ1) is 31.6. The molecule has 1 aromatic rings. The Morgan fingerprint density at radius 3 is 2.04 bits per heavy atom. The van der Waals surface area contributed by atoms with Crippen LogP contribution >= 0.6 is 0 Å². The number of ether oxygens (including phenoxy) is 10. The van der Waals surface area contributed by atoms with Crippen LogP contribution in [0.4, 0.5) is 0 Å². The van der Waals surface area contributed by atoms with Crippen LogP contribution < -0.4 is 4.74 Å². The molecule has 0 spiro atoms. The number of aromatic hydroxyl groups is 1. The molecule has 18 heteroatoms. The van der Waals surface area contributed by atoms with E-state index in [0.29, 0.717) is 32.1 Å². The summed E-state index contributed by atoms with van der Waals surface area (Å²) >= 11 is 0. The molecule has 0 amide bonds. The van der Waals surface area contributed by atoms with Crippen LogP contribution in [0.5, 0.6) is 11.5 Å². The molecule has 0 bridgehead atoms. The monoisotopic (exact) mass is 948 g/mol. The van der Waals surface area contributed by atoms with Crippen molar-refractivity contribution in [2.24, 2.45) is 16.7 Å². The Morgan fingerprint density at radius 2 is 1.40 bits per heavy atom. The van der Waals surface area contributed by atoms with Gasteiger partial charge in [0, 0.05) is 39.4 Å². The third-order valence-corrected chi connectivity index (χ3v) is 17.3. The lowest BCUT2D eigenvalue weighted by Gasteiger charge is -2.67. The summed E-state index contributed by atoms with van der Waals surface area (Å²) in [6.07, 6.45) is -4.84. The lowest BCUT2D eigenvalue weighted by atomic mass is 9.42. The smallest absolute Gasteiger partial charge is 0.338 e. The molecule has 3 heterocycles. The van der Waals surface area contributed by atoms with Crippen LogP contribution in [0.1, 0.15) is 116 Å². The number of hydrogen-bond acceptors (Lipinski definition) is 18. The van der Waals surface area contributed by atoms with Crippen LogP contribution in [0.25, 0.3) is 0 Å². The molecule has 67 heavy (non-hydrogen) atoms. The van der Waals surface area contributed by atoms with Gasteiger partial charge in [-0.25, -0.2) is 4.79 Å². The first-order valence-electron chi connectivity index (χ1n) is 23.9. The number of Topliss-reactive ketones (excluding diaryl/α,β-unsaturated/α-hetero) is 1. The topological polar surface area (TPSA) is 248 Å². The molecule has 7 aliphatic rings. The summed E-state index contributed by atoms with van der Waals surface area (Å²) in [5.41, 5.74) is -7.38. The van der Waals surface area contributed by atoms with Crippen LogP contribution in [0.3, 0.4) is 0 Å². The summed E-state index contributed by atoms with van der Waals surface area (Å²) in [5, 5.41) is 70.1. The Bertz CT molecular complexity index is 2000. The number of methoxy groups -OCH3 is 3. The molecule has 18 nitrogen and oxygen atoms in total. The van der Waals surface area contributed by atoms with Gasteiger partial charge in [-0.05, 0) is 103 Å². The van der Waals surface area contributed by atoms with Crippen LogP contribution in [-0.4, -0.2) is 167 Å². The maximum atomic E-state index is 13.9. The third-order valence-electron chi connectivity index (χ3n) is 17.3. The Labute approximate surface area is 392 Å². The number of fused-ring (bicyclic) bond motifs is 5. The van der Waals surface area contributed by atoms with E-state index < -0.39 is 125 Å². The molecule has 0 radical (unpaired) electrons. The van der Waals surface area contributed by atoms with Gasteiger partial charge < -0.3 is 78.0 Å². The second-order valence-electron chi connectivity index (χ2n) is 20.7. The number of rotatable bonds is 12. The second-order valence-corrected chi connectivity index (χ2v) is 20.7. The van der Waals surface area contributed by atoms with Gasteiger partial charge in [0.2, 0.25) is 0 Å². The van der Waals surface area contributed by atoms with E-state index in [4.69, 9.17) is 47.4 Å².